The molecule has 0 amide bonds. The molecule has 23 heavy (non-hydrogen) atoms. The van der Waals surface area contributed by atoms with E-state index in [4.69, 9.17) is 5.11 Å². The number of aromatic nitrogens is 3. The molecule has 2 N–H and O–H groups in total. The van der Waals surface area contributed by atoms with Crippen molar-refractivity contribution in [1.82, 2.24) is 14.6 Å². The first kappa shape index (κ1) is 14.9. The molecule has 1 aromatic carbocycles. The molecule has 0 unspecified atom stereocenters. The molecule has 0 radical (unpaired) electrons. The van der Waals surface area contributed by atoms with Gasteiger partial charge in [-0.15, -0.1) is 0 Å². The largest absolute Gasteiger partial charge is 0.477 e. The van der Waals surface area contributed by atoms with Gasteiger partial charge in [-0.2, -0.15) is 0 Å². The molecule has 118 valence electrons. The number of fused-ring (bicyclic) bond motifs is 1. The van der Waals surface area contributed by atoms with E-state index in [2.05, 4.69) is 10.1 Å². The average molecular weight is 319 g/mol. The van der Waals surface area contributed by atoms with Gasteiger partial charge in [-0.25, -0.2) is 23.1 Å². The van der Waals surface area contributed by atoms with E-state index in [0.29, 0.717) is 5.69 Å². The van der Waals surface area contributed by atoms with E-state index < -0.39 is 23.2 Å². The second kappa shape index (κ2) is 5.64. The molecule has 8 heteroatoms. The van der Waals surface area contributed by atoms with Gasteiger partial charge in [-0.05, 0) is 24.5 Å². The minimum absolute atomic E-state index is 0.157. The molecule has 0 aliphatic carbocycles. The lowest BCUT2D eigenvalue weighted by atomic mass is 10.1. The Hall–Kier alpha value is -3.03. The highest BCUT2D eigenvalue weighted by molar-refractivity contribution is 5.86. The number of aromatic carboxylic acids is 1. The lowest BCUT2D eigenvalue weighted by molar-refractivity contribution is 0.0690. The van der Waals surface area contributed by atoms with Crippen molar-refractivity contribution < 1.29 is 18.7 Å². The lowest BCUT2D eigenvalue weighted by Gasteiger charge is -2.04. The van der Waals surface area contributed by atoms with Crippen LogP contribution in [0.5, 0.6) is 0 Å². The molecule has 2 heterocycles. The maximum Gasteiger partial charge on any atom is 0.353 e. The summed E-state index contributed by atoms with van der Waals surface area (Å²) >= 11 is 0. The van der Waals surface area contributed by atoms with Gasteiger partial charge < -0.3 is 5.11 Å². The number of H-pyrrole nitrogens is 1. The number of nitrogens with one attached hydrogen (secondary N) is 1. The topological polar surface area (TPSA) is 87.5 Å². The normalized spacial score (nSPS) is 11.0. The molecule has 6 nitrogen and oxygen atoms in total. The number of hydrogen-bond acceptors (Lipinski definition) is 3. The van der Waals surface area contributed by atoms with Gasteiger partial charge in [0.15, 0.2) is 17.3 Å². The zero-order chi connectivity index (χ0) is 16.6. The first-order valence-electron chi connectivity index (χ1n) is 6.73. The first-order chi connectivity index (χ1) is 11.0. The monoisotopic (exact) mass is 319 g/mol. The smallest absolute Gasteiger partial charge is 0.353 e. The van der Waals surface area contributed by atoms with Crippen molar-refractivity contribution in [2.75, 3.05) is 0 Å². The van der Waals surface area contributed by atoms with Crippen molar-refractivity contribution in [1.29, 1.82) is 0 Å². The third-order valence-electron chi connectivity index (χ3n) is 3.42. The summed E-state index contributed by atoms with van der Waals surface area (Å²) in [4.78, 5) is 27.0. The van der Waals surface area contributed by atoms with Crippen molar-refractivity contribution in [2.45, 2.75) is 12.8 Å². The molecule has 2 aromatic heterocycles. The minimum atomic E-state index is -1.21. The Morgan fingerprint density at radius 2 is 2.04 bits per heavy atom. The molecule has 0 fully saturated rings. The average Bonchev–Trinajstić information content (AvgIpc) is 2.94. The number of carboxylic acid groups (broad SMARTS) is 1. The van der Waals surface area contributed by atoms with Crippen molar-refractivity contribution in [3.8, 4) is 0 Å². The highest BCUT2D eigenvalue weighted by Crippen LogP contribution is 2.13. The zero-order valence-electron chi connectivity index (χ0n) is 11.7. The summed E-state index contributed by atoms with van der Waals surface area (Å²) in [6.45, 7) is 0. The van der Waals surface area contributed by atoms with Crippen molar-refractivity contribution in [3.63, 3.8) is 0 Å². The van der Waals surface area contributed by atoms with Crippen LogP contribution in [0.15, 0.2) is 35.1 Å². The van der Waals surface area contributed by atoms with Gasteiger partial charge in [-0.3, -0.25) is 9.89 Å². The zero-order valence-corrected chi connectivity index (χ0v) is 11.7. The quantitative estimate of drug-likeness (QED) is 0.767. The van der Waals surface area contributed by atoms with E-state index in [-0.39, 0.29) is 29.7 Å². The predicted molar refractivity (Wildman–Crippen MR) is 76.5 cm³/mol. The predicted octanol–water partition coefficient (Wildman–Crippen LogP) is 1.78. The van der Waals surface area contributed by atoms with Gasteiger partial charge in [0, 0.05) is 17.8 Å². The van der Waals surface area contributed by atoms with Crippen LogP contribution in [-0.2, 0) is 12.8 Å². The fourth-order valence-electron chi connectivity index (χ4n) is 2.28. The molecule has 0 saturated carbocycles. The van der Waals surface area contributed by atoms with Crippen LogP contribution in [0, 0.1) is 11.6 Å². The molecule has 0 bridgehead atoms. The number of hydrogen-bond donors (Lipinski definition) is 2. The summed E-state index contributed by atoms with van der Waals surface area (Å²) in [5, 5.41) is 11.3. The van der Waals surface area contributed by atoms with Crippen LogP contribution < -0.4 is 5.56 Å². The van der Waals surface area contributed by atoms with Crippen LogP contribution in [-0.4, -0.2) is 25.7 Å². The second-order valence-electron chi connectivity index (χ2n) is 4.97. The SMILES string of the molecule is O=C(O)c1cc2nc(CCc3cccc(F)c3F)cc(=O)n2[nH]1. The van der Waals surface area contributed by atoms with Crippen molar-refractivity contribution >= 4 is 11.6 Å². The van der Waals surface area contributed by atoms with Crippen molar-refractivity contribution in [2.24, 2.45) is 0 Å². The molecule has 0 atom stereocenters. The fraction of sp³-hybridized carbons (Fsp3) is 0.133. The third kappa shape index (κ3) is 2.83. The first-order valence-corrected chi connectivity index (χ1v) is 6.73. The number of aryl methyl sites for hydroxylation is 2. The number of carbonyl (C=O) groups is 1. The Kier molecular flexibility index (Phi) is 3.65. The molecular weight excluding hydrogens is 308 g/mol. The van der Waals surface area contributed by atoms with Crippen LogP contribution in [0.4, 0.5) is 8.78 Å². The Morgan fingerprint density at radius 3 is 2.78 bits per heavy atom. The van der Waals surface area contributed by atoms with E-state index in [1.54, 1.807) is 0 Å². The van der Waals surface area contributed by atoms with Crippen LogP contribution in [0.25, 0.3) is 5.65 Å². The van der Waals surface area contributed by atoms with Crippen molar-refractivity contribution in [3.05, 3.63) is 69.3 Å². The van der Waals surface area contributed by atoms with E-state index in [1.807, 2.05) is 0 Å². The number of aromatic amines is 1. The Balaban J connectivity index is 1.90. The fourth-order valence-corrected chi connectivity index (χ4v) is 2.28. The van der Waals surface area contributed by atoms with Gasteiger partial charge in [-0.1, -0.05) is 12.1 Å². The molecule has 0 aliphatic rings. The highest BCUT2D eigenvalue weighted by atomic mass is 19.2. The van der Waals surface area contributed by atoms with E-state index >= 15 is 0 Å². The van der Waals surface area contributed by atoms with Gasteiger partial charge in [0.25, 0.3) is 5.56 Å². The Bertz CT molecular complexity index is 962. The lowest BCUT2D eigenvalue weighted by Crippen LogP contribution is -2.16. The van der Waals surface area contributed by atoms with E-state index in [1.165, 1.54) is 24.3 Å². The summed E-state index contributed by atoms with van der Waals surface area (Å²) in [6.07, 6.45) is 0.391. The number of carboxylic acids is 1. The Labute approximate surface area is 128 Å². The highest BCUT2D eigenvalue weighted by Gasteiger charge is 2.12. The van der Waals surface area contributed by atoms with Crippen LogP contribution >= 0.6 is 0 Å². The van der Waals surface area contributed by atoms with E-state index in [9.17, 15) is 18.4 Å². The van der Waals surface area contributed by atoms with Crippen LogP contribution in [0.2, 0.25) is 0 Å². The van der Waals surface area contributed by atoms with Gasteiger partial charge in [0.1, 0.15) is 5.69 Å². The maximum atomic E-state index is 13.6. The summed E-state index contributed by atoms with van der Waals surface area (Å²) in [6, 6.07) is 6.36. The molecule has 0 aliphatic heterocycles. The maximum absolute atomic E-state index is 13.6. The molecule has 0 saturated heterocycles. The van der Waals surface area contributed by atoms with Gasteiger partial charge >= 0.3 is 5.97 Å². The third-order valence-corrected chi connectivity index (χ3v) is 3.42. The molecule has 3 rings (SSSR count). The van der Waals surface area contributed by atoms with Crippen LogP contribution in [0.3, 0.4) is 0 Å². The summed E-state index contributed by atoms with van der Waals surface area (Å²) < 4.78 is 27.8. The van der Waals surface area contributed by atoms with Crippen LogP contribution in [0.1, 0.15) is 21.7 Å². The number of halogens is 2. The molecular formula is C15H11F2N3O3. The minimum Gasteiger partial charge on any atom is -0.477 e. The second-order valence-corrected chi connectivity index (χ2v) is 4.97. The van der Waals surface area contributed by atoms with Gasteiger partial charge in [0.2, 0.25) is 0 Å². The van der Waals surface area contributed by atoms with E-state index in [0.717, 1.165) is 10.6 Å². The van der Waals surface area contributed by atoms with Gasteiger partial charge in [0.05, 0.1) is 0 Å². The summed E-state index contributed by atoms with van der Waals surface area (Å²) in [5.41, 5.74) is 0.0756. The standard InChI is InChI=1S/C15H11F2N3O3/c16-10-3-1-2-8(14(10)17)4-5-9-6-13(21)20-12(18-9)7-11(19-20)15(22)23/h1-3,6-7,19H,4-5H2,(H,22,23). The Morgan fingerprint density at radius 1 is 1.26 bits per heavy atom. The molecule has 3 aromatic rings. The summed E-state index contributed by atoms with van der Waals surface area (Å²) in [7, 11) is 0. The number of rotatable bonds is 4. The summed E-state index contributed by atoms with van der Waals surface area (Å²) in [5.74, 6) is -3.05. The number of benzene rings is 1. The number of nitrogens with zero attached hydrogens (tertiary/aromatic N) is 2. The molecule has 0 spiro atoms.